The van der Waals surface area contributed by atoms with E-state index in [-0.39, 0.29) is 0 Å². The normalized spacial score (nSPS) is 12.1. The predicted octanol–water partition coefficient (Wildman–Crippen LogP) is 12.5. The van der Waals surface area contributed by atoms with E-state index in [9.17, 15) is 0 Å². The van der Waals surface area contributed by atoms with E-state index >= 15 is 0 Å². The highest BCUT2D eigenvalue weighted by Crippen LogP contribution is 2.10. The highest BCUT2D eigenvalue weighted by Gasteiger charge is 1.95. The average Bonchev–Trinajstić information content (AvgIpc) is 3.02. The molecule has 0 rings (SSSR count). The van der Waals surface area contributed by atoms with Crippen molar-refractivity contribution in [2.45, 2.75) is 181 Å². The smallest absolute Gasteiger partial charge is 0.0701 e. The Kier molecular flexibility index (Phi) is 40.2. The molecule has 0 bridgehead atoms. The van der Waals surface area contributed by atoms with Gasteiger partial charge >= 0.3 is 0 Å². The predicted molar refractivity (Wildman–Crippen MR) is 193 cm³/mol. The Balaban J connectivity index is 3.11. The van der Waals surface area contributed by atoms with E-state index in [2.05, 4.69) is 55.6 Å². The zero-order valence-electron chi connectivity index (χ0n) is 29.4. The van der Waals surface area contributed by atoms with Gasteiger partial charge in [0.15, 0.2) is 0 Å². The topological polar surface area (TPSA) is 30.5 Å². The van der Waals surface area contributed by atoms with Gasteiger partial charge in [-0.05, 0) is 77.2 Å². The highest BCUT2D eigenvalue weighted by molar-refractivity contribution is 4.92. The van der Waals surface area contributed by atoms with E-state index in [4.69, 9.17) is 9.47 Å². The molecule has 0 aromatic carbocycles. The summed E-state index contributed by atoms with van der Waals surface area (Å²) in [4.78, 5) is 0. The summed E-state index contributed by atoms with van der Waals surface area (Å²) in [6.45, 7) is 9.75. The van der Waals surface area contributed by atoms with Crippen molar-refractivity contribution in [3.63, 3.8) is 0 Å². The molecule has 0 aliphatic rings. The average molecular weight is 604 g/mol. The molecular weight excluding hydrogens is 526 g/mol. The van der Waals surface area contributed by atoms with Crippen LogP contribution < -0.4 is 5.32 Å². The summed E-state index contributed by atoms with van der Waals surface area (Å²) in [5, 5.41) is 3.51. The molecule has 43 heavy (non-hydrogen) atoms. The van der Waals surface area contributed by atoms with Gasteiger partial charge in [0.1, 0.15) is 0 Å². The van der Waals surface area contributed by atoms with Crippen LogP contribution in [0.4, 0.5) is 0 Å². The fourth-order valence-electron chi connectivity index (χ4n) is 5.28. The zero-order chi connectivity index (χ0) is 31.0. The summed E-state index contributed by atoms with van der Waals surface area (Å²) in [5.41, 5.74) is 0. The van der Waals surface area contributed by atoms with Gasteiger partial charge in [-0.15, -0.1) is 0 Å². The van der Waals surface area contributed by atoms with Crippen LogP contribution in [0.1, 0.15) is 181 Å². The minimum Gasteiger partial charge on any atom is -0.379 e. The van der Waals surface area contributed by atoms with Crippen LogP contribution in [0.5, 0.6) is 0 Å². The number of allylic oxidation sites excluding steroid dienone is 6. The molecule has 3 nitrogen and oxygen atoms in total. The van der Waals surface area contributed by atoms with Crippen LogP contribution in [0.3, 0.4) is 0 Å². The Hall–Kier alpha value is -0.900. The molecule has 1 N–H and O–H groups in total. The summed E-state index contributed by atoms with van der Waals surface area (Å²) in [6, 6.07) is 0. The Labute approximate surface area is 271 Å². The number of ether oxygens (including phenoxy) is 2. The van der Waals surface area contributed by atoms with Crippen LogP contribution in [0.15, 0.2) is 36.5 Å². The van der Waals surface area contributed by atoms with E-state index < -0.39 is 0 Å². The lowest BCUT2D eigenvalue weighted by atomic mass is 10.1. The van der Waals surface area contributed by atoms with Crippen molar-refractivity contribution in [2.24, 2.45) is 0 Å². The maximum atomic E-state index is 5.74. The van der Waals surface area contributed by atoms with Crippen molar-refractivity contribution in [1.82, 2.24) is 5.32 Å². The molecule has 0 aliphatic carbocycles. The molecule has 0 heterocycles. The van der Waals surface area contributed by atoms with Gasteiger partial charge in [0.25, 0.3) is 0 Å². The highest BCUT2D eigenvalue weighted by atomic mass is 16.5. The first-order valence-electron chi connectivity index (χ1n) is 19.2. The Morgan fingerprint density at radius 2 is 0.744 bits per heavy atom. The Bertz CT molecular complexity index is 571. The Morgan fingerprint density at radius 3 is 1.30 bits per heavy atom. The maximum absolute atomic E-state index is 5.74. The summed E-state index contributed by atoms with van der Waals surface area (Å²) in [5.74, 6) is 0. The fraction of sp³-hybridized carbons (Fsp3) is 0.850. The number of unbranched alkanes of at least 4 members (excludes halogenated alkanes) is 21. The van der Waals surface area contributed by atoms with E-state index in [1.54, 1.807) is 0 Å². The molecule has 0 atom stereocenters. The van der Waals surface area contributed by atoms with Crippen molar-refractivity contribution < 1.29 is 9.47 Å². The number of rotatable bonds is 37. The van der Waals surface area contributed by atoms with Gasteiger partial charge in [-0.25, -0.2) is 0 Å². The first kappa shape index (κ1) is 42.1. The van der Waals surface area contributed by atoms with Crippen LogP contribution in [-0.2, 0) is 9.47 Å². The van der Waals surface area contributed by atoms with Crippen molar-refractivity contribution >= 4 is 0 Å². The van der Waals surface area contributed by atoms with Crippen molar-refractivity contribution in [3.8, 4) is 0 Å². The quantitative estimate of drug-likeness (QED) is 0.0566. The fourth-order valence-corrected chi connectivity index (χ4v) is 5.28. The molecular formula is C40H77NO2. The van der Waals surface area contributed by atoms with Crippen LogP contribution in [0.2, 0.25) is 0 Å². The number of nitrogens with one attached hydrogen (secondary N) is 1. The summed E-state index contributed by atoms with van der Waals surface area (Å²) < 4.78 is 11.4. The van der Waals surface area contributed by atoms with Gasteiger partial charge in [0.2, 0.25) is 0 Å². The third-order valence-electron chi connectivity index (χ3n) is 8.15. The molecule has 254 valence electrons. The van der Waals surface area contributed by atoms with Crippen LogP contribution in [-0.4, -0.2) is 39.5 Å². The molecule has 0 aliphatic heterocycles. The SMILES string of the molecule is CCCCCC=CCC=CCCCCCCCCNCCOCCOCCCCCCCC/C=C\CCCCCCCC. The molecule has 0 aromatic rings. The summed E-state index contributed by atoms with van der Waals surface area (Å²) in [7, 11) is 0. The molecule has 0 spiro atoms. The van der Waals surface area contributed by atoms with Crippen LogP contribution >= 0.6 is 0 Å². The monoisotopic (exact) mass is 604 g/mol. The summed E-state index contributed by atoms with van der Waals surface area (Å²) >= 11 is 0. The molecule has 0 saturated heterocycles. The van der Waals surface area contributed by atoms with Crippen molar-refractivity contribution in [1.29, 1.82) is 0 Å². The van der Waals surface area contributed by atoms with Crippen molar-refractivity contribution in [2.75, 3.05) is 39.5 Å². The molecule has 0 saturated carbocycles. The Morgan fingerprint density at radius 1 is 0.349 bits per heavy atom. The standard InChI is InChI=1S/C40H77NO2/c1-3-5-7-9-11-13-15-17-19-21-23-25-27-29-31-33-35-41-36-38-43-40-39-42-37-34-32-30-28-26-24-22-20-18-16-14-12-10-8-6-4-2/h11,13,17-20,41H,3-10,12,14-16,21-40H2,1-2H3/b13-11?,19-17?,20-18-. The first-order valence-corrected chi connectivity index (χ1v) is 19.2. The second-order valence-corrected chi connectivity index (χ2v) is 12.5. The van der Waals surface area contributed by atoms with E-state index in [0.29, 0.717) is 0 Å². The first-order chi connectivity index (χ1) is 21.4. The third-order valence-corrected chi connectivity index (χ3v) is 8.15. The van der Waals surface area contributed by atoms with Crippen molar-refractivity contribution in [3.05, 3.63) is 36.5 Å². The lowest BCUT2D eigenvalue weighted by Gasteiger charge is -2.07. The molecule has 0 aromatic heterocycles. The molecule has 3 heteroatoms. The molecule has 0 amide bonds. The largest absolute Gasteiger partial charge is 0.379 e. The van der Waals surface area contributed by atoms with Gasteiger partial charge in [-0.3, -0.25) is 0 Å². The van der Waals surface area contributed by atoms with Gasteiger partial charge in [0.05, 0.1) is 19.8 Å². The zero-order valence-corrected chi connectivity index (χ0v) is 29.4. The lowest BCUT2D eigenvalue weighted by Crippen LogP contribution is -2.21. The van der Waals surface area contributed by atoms with E-state index in [0.717, 1.165) is 45.9 Å². The second kappa shape index (κ2) is 41.1. The third kappa shape index (κ3) is 41.1. The summed E-state index contributed by atoms with van der Waals surface area (Å²) in [6.07, 6.45) is 48.8. The van der Waals surface area contributed by atoms with Gasteiger partial charge in [0, 0.05) is 13.2 Å². The van der Waals surface area contributed by atoms with Gasteiger partial charge in [-0.2, -0.15) is 0 Å². The lowest BCUT2D eigenvalue weighted by molar-refractivity contribution is 0.0473. The molecule has 0 fully saturated rings. The van der Waals surface area contributed by atoms with Gasteiger partial charge < -0.3 is 14.8 Å². The van der Waals surface area contributed by atoms with E-state index in [1.165, 1.54) is 161 Å². The van der Waals surface area contributed by atoms with Crippen LogP contribution in [0.25, 0.3) is 0 Å². The van der Waals surface area contributed by atoms with Gasteiger partial charge in [-0.1, -0.05) is 147 Å². The number of hydrogen-bond donors (Lipinski definition) is 1. The second-order valence-electron chi connectivity index (χ2n) is 12.5. The minimum atomic E-state index is 0.721. The molecule has 0 radical (unpaired) electrons. The molecule has 0 unspecified atom stereocenters. The maximum Gasteiger partial charge on any atom is 0.0701 e. The van der Waals surface area contributed by atoms with E-state index in [1.807, 2.05) is 0 Å². The number of hydrogen-bond acceptors (Lipinski definition) is 3. The van der Waals surface area contributed by atoms with Crippen LogP contribution in [0, 0.1) is 0 Å². The minimum absolute atomic E-state index is 0.721.